The topological polar surface area (TPSA) is 42.4 Å². The van der Waals surface area contributed by atoms with Gasteiger partial charge in [0.25, 0.3) is 0 Å². The summed E-state index contributed by atoms with van der Waals surface area (Å²) in [6.45, 7) is 8.67. The third kappa shape index (κ3) is 5.51. The molecule has 6 rings (SSSR count). The predicted octanol–water partition coefficient (Wildman–Crippen LogP) is 7.58. The molecule has 4 nitrogen and oxygen atoms in total. The van der Waals surface area contributed by atoms with Crippen LogP contribution in [0.15, 0.2) is 48.7 Å². The van der Waals surface area contributed by atoms with Gasteiger partial charge >= 0.3 is 0 Å². The van der Waals surface area contributed by atoms with Gasteiger partial charge in [-0.15, -0.1) is 0 Å². The Morgan fingerprint density at radius 2 is 1.87 bits per heavy atom. The molecule has 0 spiro atoms. The lowest BCUT2D eigenvalue weighted by Crippen LogP contribution is -2.21. The molecule has 1 aliphatic carbocycles. The summed E-state index contributed by atoms with van der Waals surface area (Å²) >= 11 is 0. The number of likely N-dealkylation sites (tertiary alicyclic amines) is 1. The molecule has 1 aromatic heterocycles. The Morgan fingerprint density at radius 3 is 2.62 bits per heavy atom. The van der Waals surface area contributed by atoms with Crippen LogP contribution in [-0.4, -0.2) is 28.8 Å². The summed E-state index contributed by atoms with van der Waals surface area (Å²) in [5, 5.41) is 0. The van der Waals surface area contributed by atoms with Gasteiger partial charge in [0.15, 0.2) is 0 Å². The van der Waals surface area contributed by atoms with Gasteiger partial charge in [0.1, 0.15) is 23.5 Å². The molecular weight excluding hydrogens is 487 g/mol. The number of carbonyl (C=O) groups is 1. The number of carbonyl (C=O) groups excluding carboxylic acids is 1. The molecule has 3 heterocycles. The van der Waals surface area contributed by atoms with Crippen LogP contribution in [0.25, 0.3) is 11.1 Å². The number of fused-ring (bicyclic) bond motifs is 1. The number of benzene rings is 2. The molecule has 3 atom stereocenters. The van der Waals surface area contributed by atoms with Crippen molar-refractivity contribution in [1.29, 1.82) is 0 Å². The maximum absolute atomic E-state index is 14.9. The maximum atomic E-state index is 14.9. The summed E-state index contributed by atoms with van der Waals surface area (Å²) in [6, 6.07) is 14.9. The number of ketones is 1. The second kappa shape index (κ2) is 10.8. The summed E-state index contributed by atoms with van der Waals surface area (Å²) in [5.74, 6) is 1.81. The van der Waals surface area contributed by atoms with E-state index in [2.05, 4.69) is 53.2 Å². The van der Waals surface area contributed by atoms with Crippen molar-refractivity contribution in [2.24, 2.45) is 11.8 Å². The summed E-state index contributed by atoms with van der Waals surface area (Å²) in [4.78, 5) is 18.9. The van der Waals surface area contributed by atoms with E-state index in [0.717, 1.165) is 60.6 Å². The third-order valence-corrected chi connectivity index (χ3v) is 9.11. The van der Waals surface area contributed by atoms with E-state index in [0.29, 0.717) is 11.5 Å². The van der Waals surface area contributed by atoms with Crippen LogP contribution >= 0.6 is 0 Å². The Bertz CT molecular complexity index is 1380. The van der Waals surface area contributed by atoms with Gasteiger partial charge in [0, 0.05) is 23.7 Å². The lowest BCUT2D eigenvalue weighted by Gasteiger charge is -2.30. The first-order valence-electron chi connectivity index (χ1n) is 14.6. The summed E-state index contributed by atoms with van der Waals surface area (Å²) in [5.41, 5.74) is 7.13. The highest BCUT2D eigenvalue weighted by Crippen LogP contribution is 2.48. The van der Waals surface area contributed by atoms with Crippen molar-refractivity contribution in [3.8, 4) is 16.9 Å². The molecule has 5 heteroatoms. The average molecular weight is 527 g/mol. The monoisotopic (exact) mass is 526 g/mol. The van der Waals surface area contributed by atoms with Crippen molar-refractivity contribution >= 4 is 5.78 Å². The van der Waals surface area contributed by atoms with Gasteiger partial charge in [0.05, 0.1) is 6.20 Å². The number of nitrogens with zero attached hydrogens (tertiary/aromatic N) is 2. The van der Waals surface area contributed by atoms with E-state index < -0.39 is 0 Å². The molecule has 1 saturated carbocycles. The van der Waals surface area contributed by atoms with Gasteiger partial charge in [-0.25, -0.2) is 4.39 Å². The molecule has 2 aromatic carbocycles. The van der Waals surface area contributed by atoms with Gasteiger partial charge in [0.2, 0.25) is 0 Å². The molecule has 0 bridgehead atoms. The molecular formula is C34H39FN2O2. The molecule has 2 aliphatic heterocycles. The number of rotatable bonds is 8. The quantitative estimate of drug-likeness (QED) is 0.303. The number of hydrogen-bond acceptors (Lipinski definition) is 4. The Balaban J connectivity index is 1.31. The van der Waals surface area contributed by atoms with Crippen LogP contribution in [0.3, 0.4) is 0 Å². The highest BCUT2D eigenvalue weighted by atomic mass is 19.1. The number of Topliss-reactive ketones (excluding diaryl/α,β-unsaturated/α-hetero) is 1. The van der Waals surface area contributed by atoms with Gasteiger partial charge in [-0.05, 0) is 117 Å². The maximum Gasteiger partial charge on any atom is 0.149 e. The fraction of sp³-hybridized carbons (Fsp3) is 0.471. The number of pyridine rings is 1. The van der Waals surface area contributed by atoms with Crippen molar-refractivity contribution in [2.45, 2.75) is 77.9 Å². The van der Waals surface area contributed by atoms with E-state index in [-0.39, 0.29) is 29.5 Å². The fourth-order valence-electron chi connectivity index (χ4n) is 6.64. The van der Waals surface area contributed by atoms with Crippen LogP contribution < -0.4 is 4.74 Å². The SMILES string of the molecule is CC(=O)[C@@H](C)[C@H](c1ccc2c(c1)OC(c1ccc(-c3cc(C)ncc3F)c(CN3CCCC3)c1)CC2)C1CC1. The Hall–Kier alpha value is -3.05. The predicted molar refractivity (Wildman–Crippen MR) is 152 cm³/mol. The number of halogens is 1. The Labute approximate surface area is 231 Å². The minimum atomic E-state index is -0.281. The highest BCUT2D eigenvalue weighted by molar-refractivity contribution is 5.79. The smallest absolute Gasteiger partial charge is 0.149 e. The van der Waals surface area contributed by atoms with E-state index in [4.69, 9.17) is 4.74 Å². The van der Waals surface area contributed by atoms with E-state index in [1.807, 2.05) is 13.0 Å². The van der Waals surface area contributed by atoms with Crippen LogP contribution in [0.5, 0.6) is 5.75 Å². The van der Waals surface area contributed by atoms with Crippen molar-refractivity contribution in [2.75, 3.05) is 13.1 Å². The zero-order chi connectivity index (χ0) is 27.1. The molecule has 2 fully saturated rings. The average Bonchev–Trinajstić information content (AvgIpc) is 3.63. The van der Waals surface area contributed by atoms with Crippen molar-refractivity contribution in [3.63, 3.8) is 0 Å². The Kier molecular flexibility index (Phi) is 7.28. The first-order chi connectivity index (χ1) is 18.9. The molecule has 3 aromatic rings. The van der Waals surface area contributed by atoms with Gasteiger partial charge < -0.3 is 4.74 Å². The van der Waals surface area contributed by atoms with Crippen LogP contribution in [0, 0.1) is 24.6 Å². The molecule has 3 aliphatic rings. The van der Waals surface area contributed by atoms with Crippen LogP contribution in [0.4, 0.5) is 4.39 Å². The van der Waals surface area contributed by atoms with E-state index >= 15 is 0 Å². The van der Waals surface area contributed by atoms with Crippen LogP contribution in [-0.2, 0) is 17.8 Å². The molecule has 1 unspecified atom stereocenters. The second-order valence-electron chi connectivity index (χ2n) is 12.0. The molecule has 1 saturated heterocycles. The standard InChI is InChI=1S/C34H39FN2O2/c1-21-16-30(31(35)19-36-21)29-12-10-26(17-28(29)20-37-14-4-5-15-37)32-13-11-24-6-9-27(18-33(24)39-32)34(25-7-8-25)22(2)23(3)38/h6,9-10,12,16-19,22,25,32,34H,4-5,7-8,11,13-15,20H2,1-3H3/t22-,32?,34+/m1/s1. The van der Waals surface area contributed by atoms with Crippen LogP contribution in [0.2, 0.25) is 0 Å². The van der Waals surface area contributed by atoms with Crippen molar-refractivity contribution in [1.82, 2.24) is 9.88 Å². The fourth-order valence-corrected chi connectivity index (χ4v) is 6.64. The summed E-state index contributed by atoms with van der Waals surface area (Å²) in [7, 11) is 0. The lowest BCUT2D eigenvalue weighted by atomic mass is 9.80. The van der Waals surface area contributed by atoms with E-state index in [1.165, 1.54) is 43.0 Å². The van der Waals surface area contributed by atoms with Gasteiger partial charge in [-0.1, -0.05) is 37.3 Å². The number of aromatic nitrogens is 1. The molecule has 0 N–H and O–H groups in total. The highest BCUT2D eigenvalue weighted by Gasteiger charge is 2.38. The van der Waals surface area contributed by atoms with Crippen LogP contribution in [0.1, 0.15) is 85.9 Å². The van der Waals surface area contributed by atoms with Crippen molar-refractivity contribution < 1.29 is 13.9 Å². The summed E-state index contributed by atoms with van der Waals surface area (Å²) < 4.78 is 21.6. The minimum absolute atomic E-state index is 0.0212. The largest absolute Gasteiger partial charge is 0.485 e. The van der Waals surface area contributed by atoms with Crippen molar-refractivity contribution in [3.05, 3.63) is 82.4 Å². The number of ether oxygens (including phenoxy) is 1. The molecule has 0 amide bonds. The summed E-state index contributed by atoms with van der Waals surface area (Å²) in [6.07, 6.45) is 7.98. The Morgan fingerprint density at radius 1 is 1.08 bits per heavy atom. The second-order valence-corrected chi connectivity index (χ2v) is 12.0. The molecule has 0 radical (unpaired) electrons. The number of hydrogen-bond donors (Lipinski definition) is 0. The first-order valence-corrected chi connectivity index (χ1v) is 14.6. The zero-order valence-electron chi connectivity index (χ0n) is 23.4. The van der Waals surface area contributed by atoms with E-state index in [9.17, 15) is 9.18 Å². The third-order valence-electron chi connectivity index (χ3n) is 9.11. The minimum Gasteiger partial charge on any atom is -0.485 e. The van der Waals surface area contributed by atoms with Gasteiger partial charge in [-0.2, -0.15) is 0 Å². The van der Waals surface area contributed by atoms with Gasteiger partial charge in [-0.3, -0.25) is 14.7 Å². The normalized spacial score (nSPS) is 20.8. The van der Waals surface area contributed by atoms with E-state index in [1.54, 1.807) is 6.92 Å². The molecule has 39 heavy (non-hydrogen) atoms. The lowest BCUT2D eigenvalue weighted by molar-refractivity contribution is -0.121. The first kappa shape index (κ1) is 26.2. The molecule has 204 valence electrons. The number of aryl methyl sites for hydroxylation is 2. The zero-order valence-corrected chi connectivity index (χ0v) is 23.4.